The molecule has 0 radical (unpaired) electrons. The largest absolute Gasteiger partial charge is 0.381 e. The Kier molecular flexibility index (Phi) is 3.76. The number of hydrogen-bond acceptors (Lipinski definition) is 3. The van der Waals surface area contributed by atoms with Crippen LogP contribution in [-0.2, 0) is 7.05 Å². The molecule has 0 aromatic carbocycles. The normalized spacial score (nSPS) is 10.8. The Morgan fingerprint density at radius 3 is 2.77 bits per heavy atom. The molecule has 1 aromatic rings. The van der Waals surface area contributed by atoms with Gasteiger partial charge < -0.3 is 10.6 Å². The van der Waals surface area contributed by atoms with Crippen molar-refractivity contribution in [2.45, 2.75) is 19.9 Å². The standard InChI is InChI=1S/C9H18N4/c1-8(2)10-4-5-11-9-6-12-13(3)7-9/h6-8,10-11H,4-5H2,1-3H3. The Labute approximate surface area is 79.3 Å². The van der Waals surface area contributed by atoms with Crippen molar-refractivity contribution in [3.05, 3.63) is 12.4 Å². The zero-order valence-corrected chi connectivity index (χ0v) is 8.54. The first-order chi connectivity index (χ1) is 6.18. The average molecular weight is 182 g/mol. The van der Waals surface area contributed by atoms with Gasteiger partial charge in [-0.15, -0.1) is 0 Å². The topological polar surface area (TPSA) is 41.9 Å². The maximum atomic E-state index is 4.06. The molecular formula is C9H18N4. The van der Waals surface area contributed by atoms with Gasteiger partial charge in [0.2, 0.25) is 0 Å². The lowest BCUT2D eigenvalue weighted by Crippen LogP contribution is -2.28. The quantitative estimate of drug-likeness (QED) is 0.663. The Morgan fingerprint density at radius 1 is 1.46 bits per heavy atom. The number of aromatic nitrogens is 2. The van der Waals surface area contributed by atoms with Gasteiger partial charge in [0.05, 0.1) is 11.9 Å². The molecule has 74 valence electrons. The summed E-state index contributed by atoms with van der Waals surface area (Å²) in [5.74, 6) is 0. The molecule has 2 N–H and O–H groups in total. The van der Waals surface area contributed by atoms with Gasteiger partial charge in [-0.25, -0.2) is 0 Å². The summed E-state index contributed by atoms with van der Waals surface area (Å²) < 4.78 is 1.79. The molecule has 0 saturated heterocycles. The van der Waals surface area contributed by atoms with E-state index >= 15 is 0 Å². The lowest BCUT2D eigenvalue weighted by atomic mass is 10.4. The summed E-state index contributed by atoms with van der Waals surface area (Å²) in [6.45, 7) is 6.20. The van der Waals surface area contributed by atoms with Gasteiger partial charge in [0, 0.05) is 32.4 Å². The van der Waals surface area contributed by atoms with Gasteiger partial charge in [0.1, 0.15) is 0 Å². The van der Waals surface area contributed by atoms with Gasteiger partial charge >= 0.3 is 0 Å². The smallest absolute Gasteiger partial charge is 0.0726 e. The minimum absolute atomic E-state index is 0.552. The van der Waals surface area contributed by atoms with E-state index < -0.39 is 0 Å². The van der Waals surface area contributed by atoms with Gasteiger partial charge in [-0.1, -0.05) is 13.8 Å². The Morgan fingerprint density at radius 2 is 2.23 bits per heavy atom. The molecule has 0 atom stereocenters. The highest BCUT2D eigenvalue weighted by atomic mass is 15.3. The van der Waals surface area contributed by atoms with Crippen LogP contribution in [0.15, 0.2) is 12.4 Å². The lowest BCUT2D eigenvalue weighted by Gasteiger charge is -2.08. The summed E-state index contributed by atoms with van der Waals surface area (Å²) in [6, 6.07) is 0.552. The molecule has 1 rings (SSSR count). The summed E-state index contributed by atoms with van der Waals surface area (Å²) in [6.07, 6.45) is 3.80. The third-order valence-corrected chi connectivity index (χ3v) is 1.71. The second-order valence-corrected chi connectivity index (χ2v) is 3.44. The van der Waals surface area contributed by atoms with Gasteiger partial charge in [-0.2, -0.15) is 5.10 Å². The van der Waals surface area contributed by atoms with Crippen molar-refractivity contribution >= 4 is 5.69 Å². The van der Waals surface area contributed by atoms with Crippen LogP contribution in [-0.4, -0.2) is 28.9 Å². The summed E-state index contributed by atoms with van der Waals surface area (Å²) in [7, 11) is 1.91. The van der Waals surface area contributed by atoms with E-state index in [1.807, 2.05) is 19.4 Å². The van der Waals surface area contributed by atoms with E-state index in [0.717, 1.165) is 18.8 Å². The molecule has 4 heteroatoms. The molecule has 0 bridgehead atoms. The first-order valence-corrected chi connectivity index (χ1v) is 4.64. The van der Waals surface area contributed by atoms with Crippen LogP contribution in [0.1, 0.15) is 13.8 Å². The van der Waals surface area contributed by atoms with E-state index in [9.17, 15) is 0 Å². The second-order valence-electron chi connectivity index (χ2n) is 3.44. The van der Waals surface area contributed by atoms with Gasteiger partial charge in [0.15, 0.2) is 0 Å². The predicted octanol–water partition coefficient (Wildman–Crippen LogP) is 0.830. The maximum absolute atomic E-state index is 4.06. The number of nitrogens with zero attached hydrogens (tertiary/aromatic N) is 2. The molecule has 4 nitrogen and oxygen atoms in total. The second kappa shape index (κ2) is 4.87. The van der Waals surface area contributed by atoms with Crippen LogP contribution in [0.25, 0.3) is 0 Å². The third kappa shape index (κ3) is 3.94. The first kappa shape index (κ1) is 10.1. The summed E-state index contributed by atoms with van der Waals surface area (Å²) in [5.41, 5.74) is 1.08. The van der Waals surface area contributed by atoms with Gasteiger partial charge in [0.25, 0.3) is 0 Å². The van der Waals surface area contributed by atoms with Crippen molar-refractivity contribution in [1.82, 2.24) is 15.1 Å². The van der Waals surface area contributed by atoms with Crippen LogP contribution >= 0.6 is 0 Å². The van der Waals surface area contributed by atoms with Crippen LogP contribution in [0.5, 0.6) is 0 Å². The molecule has 0 fully saturated rings. The molecule has 0 unspecified atom stereocenters. The zero-order chi connectivity index (χ0) is 9.68. The van der Waals surface area contributed by atoms with E-state index in [1.54, 1.807) is 4.68 Å². The van der Waals surface area contributed by atoms with E-state index in [1.165, 1.54) is 0 Å². The van der Waals surface area contributed by atoms with Crippen molar-refractivity contribution in [3.8, 4) is 0 Å². The zero-order valence-electron chi connectivity index (χ0n) is 8.54. The minimum atomic E-state index is 0.552. The van der Waals surface area contributed by atoms with Crippen LogP contribution < -0.4 is 10.6 Å². The van der Waals surface area contributed by atoms with Crippen LogP contribution in [0.4, 0.5) is 5.69 Å². The number of nitrogens with one attached hydrogen (secondary N) is 2. The van der Waals surface area contributed by atoms with Crippen LogP contribution in [0.3, 0.4) is 0 Å². The first-order valence-electron chi connectivity index (χ1n) is 4.64. The molecule has 0 saturated carbocycles. The Balaban J connectivity index is 2.13. The molecule has 0 aliphatic heterocycles. The van der Waals surface area contributed by atoms with E-state index in [0.29, 0.717) is 6.04 Å². The highest BCUT2D eigenvalue weighted by Gasteiger charge is 1.94. The van der Waals surface area contributed by atoms with E-state index in [4.69, 9.17) is 0 Å². The fourth-order valence-electron chi connectivity index (χ4n) is 1.08. The number of aryl methyl sites for hydroxylation is 1. The Hall–Kier alpha value is -1.03. The minimum Gasteiger partial charge on any atom is -0.381 e. The number of rotatable bonds is 5. The molecule has 0 amide bonds. The summed E-state index contributed by atoms with van der Waals surface area (Å²) in [5, 5.41) is 10.7. The van der Waals surface area contributed by atoms with Crippen LogP contribution in [0.2, 0.25) is 0 Å². The van der Waals surface area contributed by atoms with Gasteiger partial charge in [-0.05, 0) is 0 Å². The average Bonchev–Trinajstić information content (AvgIpc) is 2.45. The maximum Gasteiger partial charge on any atom is 0.0726 e. The molecule has 0 aliphatic rings. The molecule has 0 spiro atoms. The molecule has 1 heterocycles. The van der Waals surface area contributed by atoms with Gasteiger partial charge in [-0.3, -0.25) is 4.68 Å². The number of anilines is 1. The van der Waals surface area contributed by atoms with Crippen LogP contribution in [0, 0.1) is 0 Å². The summed E-state index contributed by atoms with van der Waals surface area (Å²) in [4.78, 5) is 0. The van der Waals surface area contributed by atoms with Crippen molar-refractivity contribution in [2.24, 2.45) is 7.05 Å². The monoisotopic (exact) mass is 182 g/mol. The lowest BCUT2D eigenvalue weighted by molar-refractivity contribution is 0.602. The fraction of sp³-hybridized carbons (Fsp3) is 0.667. The third-order valence-electron chi connectivity index (χ3n) is 1.71. The van der Waals surface area contributed by atoms with E-state index in [-0.39, 0.29) is 0 Å². The highest BCUT2D eigenvalue weighted by molar-refractivity contribution is 5.37. The van der Waals surface area contributed by atoms with Crippen molar-refractivity contribution in [3.63, 3.8) is 0 Å². The predicted molar refractivity (Wildman–Crippen MR) is 54.8 cm³/mol. The summed E-state index contributed by atoms with van der Waals surface area (Å²) >= 11 is 0. The number of hydrogen-bond donors (Lipinski definition) is 2. The SMILES string of the molecule is CC(C)NCCNc1cnn(C)c1. The van der Waals surface area contributed by atoms with E-state index in [2.05, 4.69) is 29.6 Å². The molecule has 0 aliphatic carbocycles. The molecular weight excluding hydrogens is 164 g/mol. The fourth-order valence-corrected chi connectivity index (χ4v) is 1.08. The Bertz CT molecular complexity index is 242. The molecule has 1 aromatic heterocycles. The van der Waals surface area contributed by atoms with Crippen molar-refractivity contribution in [2.75, 3.05) is 18.4 Å². The van der Waals surface area contributed by atoms with Crippen molar-refractivity contribution in [1.29, 1.82) is 0 Å². The molecule has 13 heavy (non-hydrogen) atoms. The van der Waals surface area contributed by atoms with Crippen molar-refractivity contribution < 1.29 is 0 Å². The highest BCUT2D eigenvalue weighted by Crippen LogP contribution is 2.01.